The molecule has 4 nitrogen and oxygen atoms in total. The largest absolute Gasteiger partial charge is 0.478 e. The third kappa shape index (κ3) is 2.17. The van der Waals surface area contributed by atoms with Crippen LogP contribution in [0.5, 0.6) is 0 Å². The van der Waals surface area contributed by atoms with E-state index in [4.69, 9.17) is 10.8 Å². The molecule has 4 fully saturated rings. The quantitative estimate of drug-likeness (QED) is 0.745. The fourth-order valence-electron chi connectivity index (χ4n) is 5.41. The first-order chi connectivity index (χ1) is 10.0. The van der Waals surface area contributed by atoms with Crippen molar-refractivity contribution in [2.75, 3.05) is 11.1 Å². The highest BCUT2D eigenvalue weighted by molar-refractivity contribution is 5.94. The summed E-state index contributed by atoms with van der Waals surface area (Å²) in [5.74, 6) is 1.70. The van der Waals surface area contributed by atoms with Gasteiger partial charge in [-0.3, -0.25) is 0 Å². The van der Waals surface area contributed by atoms with Gasteiger partial charge in [-0.2, -0.15) is 0 Å². The summed E-state index contributed by atoms with van der Waals surface area (Å²) in [4.78, 5) is 11.0. The second-order valence-electron chi connectivity index (χ2n) is 7.43. The maximum absolute atomic E-state index is 11.0. The molecule has 0 amide bonds. The van der Waals surface area contributed by atoms with Crippen molar-refractivity contribution < 1.29 is 9.90 Å². The van der Waals surface area contributed by atoms with Crippen LogP contribution < -0.4 is 11.1 Å². The molecule has 1 aromatic carbocycles. The topological polar surface area (TPSA) is 75.3 Å². The van der Waals surface area contributed by atoms with Crippen LogP contribution in [0.15, 0.2) is 18.2 Å². The number of hydrogen-bond acceptors (Lipinski definition) is 3. The SMILES string of the molecule is Nc1cc(NC23CC4CC(CC(C4)C2)C3)ccc1C(=O)O. The molecule has 0 aliphatic heterocycles. The van der Waals surface area contributed by atoms with Crippen LogP contribution in [0.3, 0.4) is 0 Å². The van der Waals surface area contributed by atoms with E-state index in [1.807, 2.05) is 6.07 Å². The number of anilines is 2. The number of aromatic carboxylic acids is 1. The van der Waals surface area contributed by atoms with Crippen molar-refractivity contribution in [3.63, 3.8) is 0 Å². The zero-order valence-electron chi connectivity index (χ0n) is 12.1. The van der Waals surface area contributed by atoms with Crippen LogP contribution in [-0.4, -0.2) is 16.6 Å². The zero-order valence-corrected chi connectivity index (χ0v) is 12.1. The van der Waals surface area contributed by atoms with Gasteiger partial charge in [-0.15, -0.1) is 0 Å². The molecule has 0 atom stereocenters. The lowest BCUT2D eigenvalue weighted by Gasteiger charge is -2.57. The summed E-state index contributed by atoms with van der Waals surface area (Å²) >= 11 is 0. The molecule has 21 heavy (non-hydrogen) atoms. The maximum atomic E-state index is 11.0. The molecule has 0 heterocycles. The number of nitrogens with one attached hydrogen (secondary N) is 1. The number of carbonyl (C=O) groups is 1. The monoisotopic (exact) mass is 286 g/mol. The Kier molecular flexibility index (Phi) is 2.72. The Balaban J connectivity index is 1.58. The first kappa shape index (κ1) is 13.0. The Labute approximate surface area is 124 Å². The van der Waals surface area contributed by atoms with Crippen molar-refractivity contribution in [2.24, 2.45) is 17.8 Å². The van der Waals surface area contributed by atoms with Gasteiger partial charge in [0.05, 0.1) is 5.56 Å². The second kappa shape index (κ2) is 4.39. The van der Waals surface area contributed by atoms with E-state index < -0.39 is 5.97 Å². The third-order valence-corrected chi connectivity index (χ3v) is 5.73. The van der Waals surface area contributed by atoms with Crippen LogP contribution in [0, 0.1) is 17.8 Å². The number of nitrogen functional groups attached to an aromatic ring is 1. The average molecular weight is 286 g/mol. The number of nitrogens with two attached hydrogens (primary N) is 1. The van der Waals surface area contributed by atoms with Crippen LogP contribution in [-0.2, 0) is 0 Å². The van der Waals surface area contributed by atoms with Gasteiger partial charge in [0.15, 0.2) is 0 Å². The van der Waals surface area contributed by atoms with Crippen molar-refractivity contribution in [3.8, 4) is 0 Å². The maximum Gasteiger partial charge on any atom is 0.337 e. The highest BCUT2D eigenvalue weighted by atomic mass is 16.4. The first-order valence-electron chi connectivity index (χ1n) is 7.94. The minimum absolute atomic E-state index is 0.186. The molecule has 4 N–H and O–H groups in total. The van der Waals surface area contributed by atoms with Crippen molar-refractivity contribution in [3.05, 3.63) is 23.8 Å². The van der Waals surface area contributed by atoms with Crippen molar-refractivity contribution in [2.45, 2.75) is 44.1 Å². The van der Waals surface area contributed by atoms with Gasteiger partial charge in [-0.1, -0.05) is 0 Å². The molecular formula is C17H22N2O2. The molecule has 4 heteroatoms. The van der Waals surface area contributed by atoms with E-state index in [1.54, 1.807) is 12.1 Å². The molecule has 0 spiro atoms. The van der Waals surface area contributed by atoms with E-state index in [0.29, 0.717) is 5.69 Å². The lowest BCUT2D eigenvalue weighted by atomic mass is 9.53. The van der Waals surface area contributed by atoms with Gasteiger partial charge in [-0.05, 0) is 74.5 Å². The molecule has 5 rings (SSSR count). The molecule has 0 radical (unpaired) electrons. The molecule has 4 aliphatic rings. The molecule has 4 aliphatic carbocycles. The van der Waals surface area contributed by atoms with Crippen LogP contribution in [0.2, 0.25) is 0 Å². The first-order valence-corrected chi connectivity index (χ1v) is 7.94. The van der Waals surface area contributed by atoms with Gasteiger partial charge in [0.25, 0.3) is 0 Å². The fraction of sp³-hybridized carbons (Fsp3) is 0.588. The molecule has 4 bridgehead atoms. The molecular weight excluding hydrogens is 264 g/mol. The van der Waals surface area contributed by atoms with Gasteiger partial charge in [-0.25, -0.2) is 4.79 Å². The minimum Gasteiger partial charge on any atom is -0.478 e. The number of carboxylic acids is 1. The summed E-state index contributed by atoms with van der Waals surface area (Å²) < 4.78 is 0. The molecule has 4 saturated carbocycles. The van der Waals surface area contributed by atoms with E-state index in [0.717, 1.165) is 23.4 Å². The molecule has 0 aromatic heterocycles. The summed E-state index contributed by atoms with van der Waals surface area (Å²) in [6, 6.07) is 5.25. The predicted molar refractivity (Wildman–Crippen MR) is 82.3 cm³/mol. The third-order valence-electron chi connectivity index (χ3n) is 5.73. The van der Waals surface area contributed by atoms with Crippen LogP contribution in [0.25, 0.3) is 0 Å². The van der Waals surface area contributed by atoms with Crippen LogP contribution in [0.4, 0.5) is 11.4 Å². The van der Waals surface area contributed by atoms with Crippen molar-refractivity contribution in [1.82, 2.24) is 0 Å². The highest BCUT2D eigenvalue weighted by Crippen LogP contribution is 2.56. The summed E-state index contributed by atoms with van der Waals surface area (Å²) in [6.07, 6.45) is 8.04. The Bertz CT molecular complexity index is 561. The van der Waals surface area contributed by atoms with Crippen molar-refractivity contribution in [1.29, 1.82) is 0 Å². The predicted octanol–water partition coefficient (Wildman–Crippen LogP) is 3.35. The Hall–Kier alpha value is -1.71. The summed E-state index contributed by atoms with van der Waals surface area (Å²) in [5, 5.41) is 12.8. The molecule has 0 unspecified atom stereocenters. The Morgan fingerprint density at radius 1 is 1.14 bits per heavy atom. The van der Waals surface area contributed by atoms with Gasteiger partial charge >= 0.3 is 5.97 Å². The summed E-state index contributed by atoms with van der Waals surface area (Å²) in [5.41, 5.74) is 7.60. The fourth-order valence-corrected chi connectivity index (χ4v) is 5.41. The minimum atomic E-state index is -0.964. The van der Waals surface area contributed by atoms with E-state index in [1.165, 1.54) is 38.5 Å². The van der Waals surface area contributed by atoms with E-state index >= 15 is 0 Å². The number of benzene rings is 1. The van der Waals surface area contributed by atoms with E-state index in [-0.39, 0.29) is 11.1 Å². The van der Waals surface area contributed by atoms with Gasteiger partial charge in [0, 0.05) is 16.9 Å². The van der Waals surface area contributed by atoms with Crippen molar-refractivity contribution >= 4 is 17.3 Å². The standard InChI is InChI=1S/C17H22N2O2/c18-15-6-13(1-2-14(15)16(20)21)19-17-7-10-3-11(8-17)5-12(4-10)9-17/h1-2,6,10-12,19H,3-5,7-9,18H2,(H,20,21). The zero-order chi connectivity index (χ0) is 14.6. The second-order valence-corrected chi connectivity index (χ2v) is 7.43. The highest BCUT2D eigenvalue weighted by Gasteiger charge is 2.50. The Morgan fingerprint density at radius 2 is 1.71 bits per heavy atom. The van der Waals surface area contributed by atoms with Crippen LogP contribution >= 0.6 is 0 Å². The Morgan fingerprint density at radius 3 is 2.19 bits per heavy atom. The van der Waals surface area contributed by atoms with E-state index in [2.05, 4.69) is 5.32 Å². The summed E-state index contributed by atoms with van der Waals surface area (Å²) in [6.45, 7) is 0. The molecule has 1 aromatic rings. The number of hydrogen-bond donors (Lipinski definition) is 3. The van der Waals surface area contributed by atoms with Gasteiger partial charge in [0.2, 0.25) is 0 Å². The number of rotatable bonds is 3. The summed E-state index contributed by atoms with van der Waals surface area (Å²) in [7, 11) is 0. The lowest BCUT2D eigenvalue weighted by Crippen LogP contribution is -2.54. The van der Waals surface area contributed by atoms with Gasteiger partial charge < -0.3 is 16.2 Å². The van der Waals surface area contributed by atoms with Gasteiger partial charge in [0.1, 0.15) is 0 Å². The lowest BCUT2D eigenvalue weighted by molar-refractivity contribution is 0.0107. The number of carboxylic acid groups (broad SMARTS) is 1. The van der Waals surface area contributed by atoms with E-state index in [9.17, 15) is 4.79 Å². The molecule has 112 valence electrons. The smallest absolute Gasteiger partial charge is 0.337 e. The normalized spacial score (nSPS) is 36.7. The molecule has 0 saturated heterocycles. The van der Waals surface area contributed by atoms with Crippen LogP contribution in [0.1, 0.15) is 48.9 Å². The average Bonchev–Trinajstić information content (AvgIpc) is 2.35.